The van der Waals surface area contributed by atoms with Gasteiger partial charge in [0.05, 0.1) is 12.7 Å². The molecule has 0 N–H and O–H groups in total. The van der Waals surface area contributed by atoms with E-state index in [0.29, 0.717) is 17.1 Å². The highest BCUT2D eigenvalue weighted by Gasteiger charge is 2.22. The number of carbonyl (C=O) groups excluding carboxylic acids is 1. The largest absolute Gasteiger partial charge is 0.497 e. The molecule has 1 aromatic carbocycles. The monoisotopic (exact) mass is 282 g/mol. The number of methoxy groups -OCH3 is 1. The minimum Gasteiger partial charge on any atom is -0.497 e. The van der Waals surface area contributed by atoms with Crippen molar-refractivity contribution in [1.29, 1.82) is 0 Å². The molecule has 0 unspecified atom stereocenters. The summed E-state index contributed by atoms with van der Waals surface area (Å²) in [5.74, 6) is 2.33. The average molecular weight is 282 g/mol. The number of benzene rings is 1. The first kappa shape index (κ1) is 13.2. The number of rotatable bonds is 3. The summed E-state index contributed by atoms with van der Waals surface area (Å²) in [4.78, 5) is 11.9. The Labute approximate surface area is 122 Å². The molecule has 0 spiro atoms. The summed E-state index contributed by atoms with van der Waals surface area (Å²) >= 11 is 0. The Hall–Kier alpha value is -2.75. The van der Waals surface area contributed by atoms with Crippen molar-refractivity contribution < 1.29 is 18.7 Å². The zero-order chi connectivity index (χ0) is 14.8. The molecule has 0 bridgehead atoms. The Morgan fingerprint density at radius 3 is 2.48 bits per heavy atom. The topological polar surface area (TPSA) is 48.7 Å². The minimum absolute atomic E-state index is 0.380. The lowest BCUT2D eigenvalue weighted by atomic mass is 10.1. The summed E-state index contributed by atoms with van der Waals surface area (Å²) in [6.07, 6.45) is 3.38. The van der Waals surface area contributed by atoms with Gasteiger partial charge in [-0.3, -0.25) is 0 Å². The third-order valence-electron chi connectivity index (χ3n) is 3.16. The summed E-state index contributed by atoms with van der Waals surface area (Å²) in [5, 5.41) is 0. The summed E-state index contributed by atoms with van der Waals surface area (Å²) in [7, 11) is 1.61. The molecule has 2 aromatic rings. The van der Waals surface area contributed by atoms with E-state index >= 15 is 0 Å². The molecule has 21 heavy (non-hydrogen) atoms. The number of hydrogen-bond acceptors (Lipinski definition) is 4. The molecule has 1 aliphatic heterocycles. The van der Waals surface area contributed by atoms with Crippen LogP contribution in [-0.2, 0) is 9.53 Å². The van der Waals surface area contributed by atoms with Gasteiger partial charge in [-0.25, -0.2) is 4.79 Å². The van der Waals surface area contributed by atoms with Crippen LogP contribution in [0.5, 0.6) is 5.75 Å². The molecule has 0 aliphatic carbocycles. The number of ether oxygens (including phenoxy) is 2. The molecular weight excluding hydrogens is 268 g/mol. The standard InChI is InChI=1S/C17H14O4/c1-11-3-6-15(20-11)9-13-10-16(21-17(13)18)12-4-7-14(19-2)8-5-12/h3-10H,1-2H3/b13-9+. The van der Waals surface area contributed by atoms with Crippen LogP contribution < -0.4 is 4.74 Å². The van der Waals surface area contributed by atoms with Crippen molar-refractivity contribution >= 4 is 17.8 Å². The van der Waals surface area contributed by atoms with E-state index in [1.165, 1.54) is 0 Å². The van der Waals surface area contributed by atoms with Crippen LogP contribution in [0.3, 0.4) is 0 Å². The second-order valence-corrected chi connectivity index (χ2v) is 4.67. The van der Waals surface area contributed by atoms with Crippen molar-refractivity contribution in [3.8, 4) is 5.75 Å². The first-order valence-electron chi connectivity index (χ1n) is 6.52. The number of aryl methyl sites for hydroxylation is 1. The third-order valence-corrected chi connectivity index (χ3v) is 3.16. The molecule has 0 radical (unpaired) electrons. The fraction of sp³-hybridized carbons (Fsp3) is 0.118. The minimum atomic E-state index is -0.380. The Balaban J connectivity index is 1.89. The molecule has 3 rings (SSSR count). The molecule has 0 saturated carbocycles. The molecule has 106 valence electrons. The van der Waals surface area contributed by atoms with E-state index in [4.69, 9.17) is 13.9 Å². The second-order valence-electron chi connectivity index (χ2n) is 4.67. The van der Waals surface area contributed by atoms with Crippen LogP contribution in [-0.4, -0.2) is 13.1 Å². The zero-order valence-electron chi connectivity index (χ0n) is 11.8. The molecule has 1 aliphatic rings. The Kier molecular flexibility index (Phi) is 3.36. The highest BCUT2D eigenvalue weighted by atomic mass is 16.5. The van der Waals surface area contributed by atoms with E-state index in [0.717, 1.165) is 17.1 Å². The van der Waals surface area contributed by atoms with Crippen LogP contribution in [0.4, 0.5) is 0 Å². The lowest BCUT2D eigenvalue weighted by Gasteiger charge is -2.03. The van der Waals surface area contributed by atoms with Crippen molar-refractivity contribution in [2.45, 2.75) is 6.92 Å². The van der Waals surface area contributed by atoms with Gasteiger partial charge in [0.15, 0.2) is 0 Å². The lowest BCUT2D eigenvalue weighted by molar-refractivity contribution is -0.130. The van der Waals surface area contributed by atoms with Crippen molar-refractivity contribution in [1.82, 2.24) is 0 Å². The third kappa shape index (κ3) is 2.74. The molecule has 4 heteroatoms. The van der Waals surface area contributed by atoms with E-state index in [9.17, 15) is 4.79 Å². The molecule has 2 heterocycles. The summed E-state index contributed by atoms with van der Waals surface area (Å²) in [6.45, 7) is 1.85. The van der Waals surface area contributed by atoms with Gasteiger partial charge >= 0.3 is 5.97 Å². The van der Waals surface area contributed by atoms with Gasteiger partial charge < -0.3 is 13.9 Å². The smallest absolute Gasteiger partial charge is 0.343 e. The Morgan fingerprint density at radius 1 is 1.10 bits per heavy atom. The lowest BCUT2D eigenvalue weighted by Crippen LogP contribution is -1.97. The van der Waals surface area contributed by atoms with E-state index in [-0.39, 0.29) is 5.97 Å². The fourth-order valence-electron chi connectivity index (χ4n) is 2.07. The van der Waals surface area contributed by atoms with E-state index in [1.54, 1.807) is 19.3 Å². The molecule has 0 fully saturated rings. The predicted octanol–water partition coefficient (Wildman–Crippen LogP) is 3.58. The number of carbonyl (C=O) groups is 1. The van der Waals surface area contributed by atoms with Gasteiger partial charge in [-0.05, 0) is 55.5 Å². The summed E-state index contributed by atoms with van der Waals surface area (Å²) in [5.41, 5.74) is 1.29. The first-order valence-corrected chi connectivity index (χ1v) is 6.52. The van der Waals surface area contributed by atoms with Crippen molar-refractivity contribution in [2.24, 2.45) is 0 Å². The molecule has 1 aromatic heterocycles. The van der Waals surface area contributed by atoms with Crippen molar-refractivity contribution in [2.75, 3.05) is 7.11 Å². The maximum absolute atomic E-state index is 11.9. The quantitative estimate of drug-likeness (QED) is 0.637. The number of esters is 1. The van der Waals surface area contributed by atoms with Gasteiger partial charge in [-0.2, -0.15) is 0 Å². The van der Waals surface area contributed by atoms with Gasteiger partial charge in [0.2, 0.25) is 0 Å². The van der Waals surface area contributed by atoms with Crippen molar-refractivity contribution in [3.05, 3.63) is 65.1 Å². The van der Waals surface area contributed by atoms with Crippen LogP contribution in [0.15, 0.2) is 52.5 Å². The number of furan rings is 1. The zero-order valence-corrected chi connectivity index (χ0v) is 11.8. The van der Waals surface area contributed by atoms with Crippen LogP contribution in [0.2, 0.25) is 0 Å². The van der Waals surface area contributed by atoms with Gasteiger partial charge in [0.25, 0.3) is 0 Å². The molecule has 0 amide bonds. The van der Waals surface area contributed by atoms with Crippen LogP contribution in [0, 0.1) is 6.92 Å². The summed E-state index contributed by atoms with van der Waals surface area (Å²) < 4.78 is 15.8. The Morgan fingerprint density at radius 2 is 1.86 bits per heavy atom. The van der Waals surface area contributed by atoms with Crippen LogP contribution >= 0.6 is 0 Å². The average Bonchev–Trinajstić information content (AvgIpc) is 3.06. The SMILES string of the molecule is COc1ccc(C2=C/C(=C\c3ccc(C)o3)C(=O)O2)cc1. The maximum atomic E-state index is 11.9. The van der Waals surface area contributed by atoms with Crippen LogP contribution in [0.1, 0.15) is 17.1 Å². The maximum Gasteiger partial charge on any atom is 0.343 e. The fourth-order valence-corrected chi connectivity index (χ4v) is 2.07. The molecule has 4 nitrogen and oxygen atoms in total. The highest BCUT2D eigenvalue weighted by molar-refractivity contribution is 6.04. The van der Waals surface area contributed by atoms with Crippen LogP contribution in [0.25, 0.3) is 11.8 Å². The first-order chi connectivity index (χ1) is 10.2. The molecule has 0 atom stereocenters. The van der Waals surface area contributed by atoms with Gasteiger partial charge in [0, 0.05) is 5.56 Å². The van der Waals surface area contributed by atoms with E-state index in [2.05, 4.69) is 0 Å². The van der Waals surface area contributed by atoms with Crippen molar-refractivity contribution in [3.63, 3.8) is 0 Å². The predicted molar refractivity (Wildman–Crippen MR) is 78.5 cm³/mol. The highest BCUT2D eigenvalue weighted by Crippen LogP contribution is 2.28. The number of hydrogen-bond donors (Lipinski definition) is 0. The van der Waals surface area contributed by atoms with E-state index < -0.39 is 0 Å². The number of cyclic esters (lactones) is 1. The van der Waals surface area contributed by atoms with Gasteiger partial charge in [-0.1, -0.05) is 0 Å². The Bertz CT molecular complexity index is 732. The molecular formula is C17H14O4. The normalized spacial score (nSPS) is 16.0. The van der Waals surface area contributed by atoms with Gasteiger partial charge in [0.1, 0.15) is 23.0 Å². The second kappa shape index (κ2) is 5.32. The van der Waals surface area contributed by atoms with E-state index in [1.807, 2.05) is 43.3 Å². The molecule has 0 saturated heterocycles. The summed E-state index contributed by atoms with van der Waals surface area (Å²) in [6, 6.07) is 11.0. The van der Waals surface area contributed by atoms with Gasteiger partial charge in [-0.15, -0.1) is 0 Å².